The van der Waals surface area contributed by atoms with E-state index in [1.165, 1.54) is 7.11 Å². The third-order valence-corrected chi connectivity index (χ3v) is 5.91. The van der Waals surface area contributed by atoms with Gasteiger partial charge >= 0.3 is 12.1 Å². The summed E-state index contributed by atoms with van der Waals surface area (Å²) in [6, 6.07) is 5.01. The summed E-state index contributed by atoms with van der Waals surface area (Å²) in [4.78, 5) is 53.4. The van der Waals surface area contributed by atoms with Crippen LogP contribution >= 0.6 is 0 Å². The summed E-state index contributed by atoms with van der Waals surface area (Å²) < 4.78 is 10.0. The van der Waals surface area contributed by atoms with Crippen LogP contribution in [0, 0.1) is 11.8 Å². The van der Waals surface area contributed by atoms with Crippen LogP contribution in [0.15, 0.2) is 30.8 Å². The van der Waals surface area contributed by atoms with E-state index >= 15 is 0 Å². The first-order chi connectivity index (χ1) is 16.8. The Bertz CT molecular complexity index is 984. The number of benzene rings is 1. The normalized spacial score (nSPS) is 18.4. The summed E-state index contributed by atoms with van der Waals surface area (Å²) in [6.07, 6.45) is 1.66. The van der Waals surface area contributed by atoms with Crippen molar-refractivity contribution >= 4 is 30.0 Å². The fraction of sp³-hybridized carbons (Fsp3) is 0.556. The molecule has 198 valence electrons. The van der Waals surface area contributed by atoms with Gasteiger partial charge in [0, 0.05) is 6.04 Å². The first-order valence-corrected chi connectivity index (χ1v) is 12.2. The topological polar surface area (TPSA) is 114 Å². The molecule has 0 bridgehead atoms. The van der Waals surface area contributed by atoms with Crippen LogP contribution in [0.1, 0.15) is 65.1 Å². The van der Waals surface area contributed by atoms with Gasteiger partial charge in [0.25, 0.3) is 0 Å². The van der Waals surface area contributed by atoms with Gasteiger partial charge in [0.05, 0.1) is 7.11 Å². The molecule has 1 aliphatic rings. The molecule has 1 aliphatic carbocycles. The molecule has 9 nitrogen and oxygen atoms in total. The van der Waals surface area contributed by atoms with Crippen molar-refractivity contribution in [3.05, 3.63) is 42.0 Å². The third-order valence-electron chi connectivity index (χ3n) is 5.91. The summed E-state index contributed by atoms with van der Waals surface area (Å²) in [5, 5.41) is 5.30. The zero-order valence-corrected chi connectivity index (χ0v) is 22.3. The van der Waals surface area contributed by atoms with E-state index in [1.807, 2.05) is 26.8 Å². The number of carbonyl (C=O) groups is 4. The van der Waals surface area contributed by atoms with Crippen molar-refractivity contribution in [2.75, 3.05) is 13.7 Å². The van der Waals surface area contributed by atoms with Crippen LogP contribution in [0.5, 0.6) is 0 Å². The van der Waals surface area contributed by atoms with E-state index in [0.29, 0.717) is 12.0 Å². The molecule has 4 unspecified atom stereocenters. The second-order valence-corrected chi connectivity index (χ2v) is 10.5. The summed E-state index contributed by atoms with van der Waals surface area (Å²) in [7, 11) is 1.23. The third kappa shape index (κ3) is 7.83. The van der Waals surface area contributed by atoms with Crippen LogP contribution in [0.3, 0.4) is 0 Å². The Labute approximate surface area is 213 Å². The Morgan fingerprint density at radius 3 is 2.36 bits per heavy atom. The zero-order chi connectivity index (χ0) is 27.2. The quantitative estimate of drug-likeness (QED) is 0.475. The van der Waals surface area contributed by atoms with Crippen molar-refractivity contribution in [3.63, 3.8) is 0 Å². The lowest BCUT2D eigenvalue weighted by molar-refractivity contribution is -0.146. The van der Waals surface area contributed by atoms with Crippen molar-refractivity contribution < 1.29 is 28.7 Å². The number of hydrogen-bond donors (Lipinski definition) is 2. The van der Waals surface area contributed by atoms with Gasteiger partial charge < -0.3 is 25.0 Å². The van der Waals surface area contributed by atoms with Gasteiger partial charge in [-0.15, -0.1) is 0 Å². The monoisotopic (exact) mass is 501 g/mol. The number of carbonyl (C=O) groups excluding carboxylic acids is 4. The Morgan fingerprint density at radius 1 is 1.22 bits per heavy atom. The fourth-order valence-electron chi connectivity index (χ4n) is 3.90. The molecule has 0 aromatic heterocycles. The lowest BCUT2D eigenvalue weighted by Gasteiger charge is -2.36. The molecule has 3 amide bonds. The molecule has 0 aliphatic heterocycles. The van der Waals surface area contributed by atoms with Gasteiger partial charge in [-0.2, -0.15) is 0 Å². The molecule has 2 rings (SSSR count). The largest absolute Gasteiger partial charge is 0.468 e. The number of esters is 1. The maximum atomic E-state index is 14.0. The summed E-state index contributed by atoms with van der Waals surface area (Å²) >= 11 is 0. The first-order valence-electron chi connectivity index (χ1n) is 12.2. The summed E-state index contributed by atoms with van der Waals surface area (Å²) in [6.45, 7) is 14.3. The standard InChI is InChI=1S/C27H39N3O6/c1-9-18-11-10-12-19(14-18)23(24(32)28-15-21(31)35-8)30(20-13-17(20)4)25(33)22(16(2)3)29-26(34)36-27(5,6)7/h9-12,14,16-17,20,22-23H,1,13,15H2,2-8H3,(H,28,32)(H,29,34). The predicted octanol–water partition coefficient (Wildman–Crippen LogP) is 3.45. The maximum absolute atomic E-state index is 14.0. The summed E-state index contributed by atoms with van der Waals surface area (Å²) in [5.41, 5.74) is 0.615. The van der Waals surface area contributed by atoms with Crippen LogP contribution < -0.4 is 10.6 Å². The van der Waals surface area contributed by atoms with E-state index in [-0.39, 0.29) is 24.4 Å². The van der Waals surface area contributed by atoms with Gasteiger partial charge in [0.2, 0.25) is 11.8 Å². The number of amides is 3. The molecule has 0 saturated heterocycles. The highest BCUT2D eigenvalue weighted by Gasteiger charge is 2.48. The minimum atomic E-state index is -1.03. The number of rotatable bonds is 10. The van der Waals surface area contributed by atoms with Crippen molar-refractivity contribution in [3.8, 4) is 0 Å². The molecule has 1 aromatic carbocycles. The maximum Gasteiger partial charge on any atom is 0.408 e. The van der Waals surface area contributed by atoms with Crippen molar-refractivity contribution in [1.82, 2.24) is 15.5 Å². The van der Waals surface area contributed by atoms with Crippen molar-refractivity contribution in [2.45, 2.75) is 71.7 Å². The van der Waals surface area contributed by atoms with Crippen molar-refractivity contribution in [2.24, 2.45) is 11.8 Å². The van der Waals surface area contributed by atoms with Crippen molar-refractivity contribution in [1.29, 1.82) is 0 Å². The van der Waals surface area contributed by atoms with Gasteiger partial charge in [-0.25, -0.2) is 4.79 Å². The first kappa shape index (κ1) is 28.9. The van der Waals surface area contributed by atoms with E-state index in [2.05, 4.69) is 21.9 Å². The molecule has 1 aromatic rings. The number of nitrogens with one attached hydrogen (secondary N) is 2. The molecule has 0 spiro atoms. The van der Waals surface area contributed by atoms with E-state index in [1.54, 1.807) is 49.9 Å². The van der Waals surface area contributed by atoms with Gasteiger partial charge in [0.1, 0.15) is 24.2 Å². The molecule has 9 heteroatoms. The molecule has 2 N–H and O–H groups in total. The SMILES string of the molecule is C=Cc1cccc(C(C(=O)NCC(=O)OC)N(C(=O)C(NC(=O)OC(C)(C)C)C(C)C)C2CC2C)c1. The molecule has 4 atom stereocenters. The highest BCUT2D eigenvalue weighted by atomic mass is 16.6. The van der Waals surface area contributed by atoms with Crippen LogP contribution in [0.4, 0.5) is 4.79 Å². The second-order valence-electron chi connectivity index (χ2n) is 10.5. The molecule has 0 radical (unpaired) electrons. The molecule has 0 heterocycles. The van der Waals surface area contributed by atoms with Gasteiger partial charge in [-0.05, 0) is 56.2 Å². The molecule has 1 fully saturated rings. The van der Waals surface area contributed by atoms with Gasteiger partial charge in [-0.3, -0.25) is 14.4 Å². The number of hydrogen-bond acceptors (Lipinski definition) is 6. The number of alkyl carbamates (subject to hydrolysis) is 1. The summed E-state index contributed by atoms with van der Waals surface area (Å²) in [5.74, 6) is -1.63. The van der Waals surface area contributed by atoms with E-state index in [9.17, 15) is 19.2 Å². The Kier molecular flexibility index (Phi) is 9.67. The highest BCUT2D eigenvalue weighted by Crippen LogP contribution is 2.41. The van der Waals surface area contributed by atoms with Gasteiger partial charge in [0.15, 0.2) is 0 Å². The molecular weight excluding hydrogens is 462 g/mol. The van der Waals surface area contributed by atoms with Crippen LogP contribution in [0.2, 0.25) is 0 Å². The Morgan fingerprint density at radius 2 is 1.86 bits per heavy atom. The number of methoxy groups -OCH3 is 1. The Balaban J connectivity index is 2.50. The lowest BCUT2D eigenvalue weighted by Crippen LogP contribution is -2.56. The second kappa shape index (κ2) is 12.1. The average Bonchev–Trinajstić information content (AvgIpc) is 3.52. The minimum absolute atomic E-state index is 0.168. The van der Waals surface area contributed by atoms with Crippen LogP contribution in [-0.4, -0.2) is 60.1 Å². The average molecular weight is 502 g/mol. The Hall–Kier alpha value is -3.36. The fourth-order valence-corrected chi connectivity index (χ4v) is 3.90. The number of nitrogens with zero attached hydrogens (tertiary/aromatic N) is 1. The van der Waals surface area contributed by atoms with E-state index in [4.69, 9.17) is 4.74 Å². The predicted molar refractivity (Wildman–Crippen MR) is 137 cm³/mol. The van der Waals surface area contributed by atoms with E-state index < -0.39 is 41.6 Å². The molecular formula is C27H39N3O6. The van der Waals surface area contributed by atoms with Crippen LogP contribution in [0.25, 0.3) is 6.08 Å². The van der Waals surface area contributed by atoms with Gasteiger partial charge in [-0.1, -0.05) is 51.6 Å². The zero-order valence-electron chi connectivity index (χ0n) is 22.3. The number of ether oxygens (including phenoxy) is 2. The highest BCUT2D eigenvalue weighted by molar-refractivity contribution is 5.93. The smallest absolute Gasteiger partial charge is 0.408 e. The van der Waals surface area contributed by atoms with Crippen LogP contribution in [-0.2, 0) is 23.9 Å². The minimum Gasteiger partial charge on any atom is -0.468 e. The lowest BCUT2D eigenvalue weighted by atomic mass is 9.97. The molecule has 1 saturated carbocycles. The van der Waals surface area contributed by atoms with E-state index in [0.717, 1.165) is 5.56 Å². The molecule has 36 heavy (non-hydrogen) atoms.